The number of hydrogen-bond acceptors (Lipinski definition) is 4. The number of nitrogens with two attached hydrogens (primary N) is 1. The Morgan fingerprint density at radius 3 is 2.93 bits per heavy atom. The molecule has 0 saturated carbocycles. The summed E-state index contributed by atoms with van der Waals surface area (Å²) < 4.78 is 5.05. The van der Waals surface area contributed by atoms with E-state index in [1.165, 1.54) is 0 Å². The summed E-state index contributed by atoms with van der Waals surface area (Å²) in [6.45, 7) is 1.82. The predicted octanol–water partition coefficient (Wildman–Crippen LogP) is 0.340. The number of carbonyl (C=O) groups excluding carboxylic acids is 1. The molecule has 3 N–H and O–H groups in total. The summed E-state index contributed by atoms with van der Waals surface area (Å²) in [5, 5.41) is 4.88. The van der Waals surface area contributed by atoms with E-state index in [-0.39, 0.29) is 5.91 Å². The summed E-state index contributed by atoms with van der Waals surface area (Å²) in [6, 6.07) is 3.97. The van der Waals surface area contributed by atoms with E-state index in [1.807, 2.05) is 17.5 Å². The Balaban J connectivity index is 1.87. The van der Waals surface area contributed by atoms with E-state index in [1.54, 1.807) is 11.3 Å². The number of amides is 1. The minimum atomic E-state index is -0.475. The molecule has 0 atom stereocenters. The molecule has 0 aromatic carbocycles. The SMILES string of the molecule is NCC1(C(=O)NCc2cccs2)COC1. The van der Waals surface area contributed by atoms with E-state index in [4.69, 9.17) is 10.5 Å². The molecule has 0 unspecified atom stereocenters. The number of rotatable bonds is 4. The monoisotopic (exact) mass is 226 g/mol. The van der Waals surface area contributed by atoms with Gasteiger partial charge in [-0.15, -0.1) is 11.3 Å². The fourth-order valence-electron chi connectivity index (χ4n) is 1.46. The van der Waals surface area contributed by atoms with Gasteiger partial charge in [0.05, 0.1) is 19.8 Å². The molecule has 1 saturated heterocycles. The molecule has 15 heavy (non-hydrogen) atoms. The van der Waals surface area contributed by atoms with Crippen LogP contribution in [0.3, 0.4) is 0 Å². The van der Waals surface area contributed by atoms with Gasteiger partial charge >= 0.3 is 0 Å². The van der Waals surface area contributed by atoms with Crippen LogP contribution in [0.25, 0.3) is 0 Å². The van der Waals surface area contributed by atoms with Gasteiger partial charge in [-0.25, -0.2) is 0 Å². The van der Waals surface area contributed by atoms with Gasteiger partial charge in [0.15, 0.2) is 0 Å². The van der Waals surface area contributed by atoms with Crippen LogP contribution in [0.5, 0.6) is 0 Å². The molecule has 2 heterocycles. The third kappa shape index (κ3) is 2.04. The molecule has 1 aromatic heterocycles. The Labute approximate surface area is 92.4 Å². The number of hydrogen-bond donors (Lipinski definition) is 2. The molecule has 5 heteroatoms. The fraction of sp³-hybridized carbons (Fsp3) is 0.500. The summed E-state index contributed by atoms with van der Waals surface area (Å²) in [5.41, 5.74) is 5.11. The highest BCUT2D eigenvalue weighted by Crippen LogP contribution is 2.26. The van der Waals surface area contributed by atoms with Gasteiger partial charge in [0.1, 0.15) is 5.41 Å². The van der Waals surface area contributed by atoms with E-state index < -0.39 is 5.41 Å². The van der Waals surface area contributed by atoms with Crippen LogP contribution in [0.4, 0.5) is 0 Å². The average Bonchev–Trinajstić information content (AvgIpc) is 2.66. The highest BCUT2D eigenvalue weighted by molar-refractivity contribution is 7.09. The maximum Gasteiger partial charge on any atom is 0.232 e. The van der Waals surface area contributed by atoms with Gasteiger partial charge in [-0.1, -0.05) is 6.07 Å². The normalized spacial score (nSPS) is 18.2. The molecular formula is C10H14N2O2S. The van der Waals surface area contributed by atoms with Crippen molar-refractivity contribution in [1.29, 1.82) is 0 Å². The summed E-state index contributed by atoms with van der Waals surface area (Å²) in [7, 11) is 0. The number of thiophene rings is 1. The largest absolute Gasteiger partial charge is 0.379 e. The molecule has 2 rings (SSSR count). The number of carbonyl (C=O) groups is 1. The zero-order valence-electron chi connectivity index (χ0n) is 8.36. The van der Waals surface area contributed by atoms with E-state index in [0.717, 1.165) is 4.88 Å². The maximum absolute atomic E-state index is 11.8. The van der Waals surface area contributed by atoms with Crippen molar-refractivity contribution in [3.63, 3.8) is 0 Å². The number of nitrogens with one attached hydrogen (secondary N) is 1. The van der Waals surface area contributed by atoms with Crippen LogP contribution in [0.15, 0.2) is 17.5 Å². The summed E-state index contributed by atoms with van der Waals surface area (Å²) in [4.78, 5) is 13.0. The van der Waals surface area contributed by atoms with Gasteiger partial charge < -0.3 is 15.8 Å². The molecule has 0 bridgehead atoms. The van der Waals surface area contributed by atoms with Gasteiger partial charge in [-0.3, -0.25) is 4.79 Å². The average molecular weight is 226 g/mol. The molecule has 1 fully saturated rings. The predicted molar refractivity (Wildman–Crippen MR) is 58.5 cm³/mol. The lowest BCUT2D eigenvalue weighted by molar-refractivity contribution is -0.159. The highest BCUT2D eigenvalue weighted by Gasteiger charge is 2.44. The maximum atomic E-state index is 11.8. The Morgan fingerprint density at radius 1 is 1.67 bits per heavy atom. The minimum Gasteiger partial charge on any atom is -0.379 e. The molecule has 0 spiro atoms. The van der Waals surface area contributed by atoms with Gasteiger partial charge in [0.25, 0.3) is 0 Å². The Hall–Kier alpha value is -0.910. The zero-order chi connectivity index (χ0) is 10.7. The highest BCUT2D eigenvalue weighted by atomic mass is 32.1. The van der Waals surface area contributed by atoms with E-state index >= 15 is 0 Å². The molecular weight excluding hydrogens is 212 g/mol. The second kappa shape index (κ2) is 4.30. The van der Waals surface area contributed by atoms with Crippen molar-refractivity contribution >= 4 is 17.2 Å². The van der Waals surface area contributed by atoms with Crippen molar-refractivity contribution in [2.45, 2.75) is 6.54 Å². The van der Waals surface area contributed by atoms with Crippen molar-refractivity contribution in [2.24, 2.45) is 11.1 Å². The molecule has 4 nitrogen and oxygen atoms in total. The Morgan fingerprint density at radius 2 is 2.47 bits per heavy atom. The van der Waals surface area contributed by atoms with Crippen LogP contribution in [0.2, 0.25) is 0 Å². The molecule has 82 valence electrons. The molecule has 0 aliphatic carbocycles. The zero-order valence-corrected chi connectivity index (χ0v) is 9.18. The third-order valence-electron chi connectivity index (χ3n) is 2.63. The van der Waals surface area contributed by atoms with Crippen LogP contribution in [0.1, 0.15) is 4.88 Å². The lowest BCUT2D eigenvalue weighted by Gasteiger charge is -2.38. The first-order valence-corrected chi connectivity index (χ1v) is 5.73. The van der Waals surface area contributed by atoms with Crippen molar-refractivity contribution in [3.05, 3.63) is 22.4 Å². The minimum absolute atomic E-state index is 0.00431. The lowest BCUT2D eigenvalue weighted by Crippen LogP contribution is -2.58. The van der Waals surface area contributed by atoms with Gasteiger partial charge in [0.2, 0.25) is 5.91 Å². The van der Waals surface area contributed by atoms with Gasteiger partial charge in [0, 0.05) is 11.4 Å². The first-order valence-electron chi connectivity index (χ1n) is 4.85. The van der Waals surface area contributed by atoms with Crippen LogP contribution < -0.4 is 11.1 Å². The van der Waals surface area contributed by atoms with E-state index in [9.17, 15) is 4.79 Å². The van der Waals surface area contributed by atoms with Crippen LogP contribution in [-0.4, -0.2) is 25.7 Å². The quantitative estimate of drug-likeness (QED) is 0.778. The first kappa shape index (κ1) is 10.6. The second-order valence-electron chi connectivity index (χ2n) is 3.74. The van der Waals surface area contributed by atoms with E-state index in [0.29, 0.717) is 26.3 Å². The number of ether oxygens (including phenoxy) is 1. The fourth-order valence-corrected chi connectivity index (χ4v) is 2.10. The van der Waals surface area contributed by atoms with E-state index in [2.05, 4.69) is 5.32 Å². The van der Waals surface area contributed by atoms with Crippen LogP contribution >= 0.6 is 11.3 Å². The van der Waals surface area contributed by atoms with Crippen molar-refractivity contribution in [1.82, 2.24) is 5.32 Å². The second-order valence-corrected chi connectivity index (χ2v) is 4.77. The standard InChI is InChI=1S/C10H14N2O2S/c11-5-10(6-14-7-10)9(13)12-4-8-2-1-3-15-8/h1-3H,4-7,11H2,(H,12,13). The summed E-state index contributed by atoms with van der Waals surface area (Å²) >= 11 is 1.63. The van der Waals surface area contributed by atoms with Crippen molar-refractivity contribution < 1.29 is 9.53 Å². The van der Waals surface area contributed by atoms with Crippen molar-refractivity contribution in [2.75, 3.05) is 19.8 Å². The molecule has 1 aromatic rings. The Kier molecular flexibility index (Phi) is 3.04. The van der Waals surface area contributed by atoms with Crippen LogP contribution in [-0.2, 0) is 16.1 Å². The molecule has 1 aliphatic heterocycles. The third-order valence-corrected chi connectivity index (χ3v) is 3.51. The first-order chi connectivity index (χ1) is 7.27. The molecule has 0 radical (unpaired) electrons. The smallest absolute Gasteiger partial charge is 0.232 e. The lowest BCUT2D eigenvalue weighted by atomic mass is 9.85. The Bertz CT molecular complexity index is 328. The van der Waals surface area contributed by atoms with Gasteiger partial charge in [-0.2, -0.15) is 0 Å². The van der Waals surface area contributed by atoms with Crippen LogP contribution in [0, 0.1) is 5.41 Å². The van der Waals surface area contributed by atoms with Gasteiger partial charge in [-0.05, 0) is 11.4 Å². The summed E-state index contributed by atoms with van der Waals surface area (Å²) in [6.07, 6.45) is 0. The summed E-state index contributed by atoms with van der Waals surface area (Å²) in [5.74, 6) is 0.00431. The molecule has 1 amide bonds. The topological polar surface area (TPSA) is 64.4 Å². The molecule has 1 aliphatic rings. The van der Waals surface area contributed by atoms with Crippen molar-refractivity contribution in [3.8, 4) is 0 Å².